The van der Waals surface area contributed by atoms with Gasteiger partial charge < -0.3 is 0 Å². The molecule has 0 aromatic heterocycles. The van der Waals surface area contributed by atoms with E-state index in [0.717, 1.165) is 31.4 Å². The molecule has 8 heteroatoms. The highest BCUT2D eigenvalue weighted by Crippen LogP contribution is 2.21. The number of nitrogens with one attached hydrogen (secondary N) is 2. The SMILES string of the molecule is CC1CCC(=NNC(=O)c2cccc(S(=O)(=O)Nc3ccc(Cl)cc3)c2)CC1. The van der Waals surface area contributed by atoms with Gasteiger partial charge in [0.05, 0.1) is 4.90 Å². The Balaban J connectivity index is 1.71. The molecule has 148 valence electrons. The van der Waals surface area contributed by atoms with E-state index in [2.05, 4.69) is 22.2 Å². The van der Waals surface area contributed by atoms with E-state index >= 15 is 0 Å². The van der Waals surface area contributed by atoms with Crippen molar-refractivity contribution in [2.75, 3.05) is 4.72 Å². The molecular weight excluding hydrogens is 398 g/mol. The van der Waals surface area contributed by atoms with E-state index in [1.54, 1.807) is 30.3 Å². The molecule has 1 saturated carbocycles. The van der Waals surface area contributed by atoms with Crippen molar-refractivity contribution in [3.8, 4) is 0 Å². The average Bonchev–Trinajstić information content (AvgIpc) is 2.69. The molecule has 0 heterocycles. The summed E-state index contributed by atoms with van der Waals surface area (Å²) in [6.07, 6.45) is 3.89. The molecule has 1 aliphatic rings. The van der Waals surface area contributed by atoms with Gasteiger partial charge in [-0.05, 0) is 74.1 Å². The molecule has 0 unspecified atom stereocenters. The molecule has 2 N–H and O–H groups in total. The summed E-state index contributed by atoms with van der Waals surface area (Å²) in [6, 6.07) is 12.2. The van der Waals surface area contributed by atoms with Gasteiger partial charge in [0.15, 0.2) is 0 Å². The number of halogens is 1. The van der Waals surface area contributed by atoms with Gasteiger partial charge in [0.25, 0.3) is 15.9 Å². The quantitative estimate of drug-likeness (QED) is 0.702. The Morgan fingerprint density at radius 2 is 1.79 bits per heavy atom. The van der Waals surface area contributed by atoms with Gasteiger partial charge in [-0.3, -0.25) is 9.52 Å². The fourth-order valence-corrected chi connectivity index (χ4v) is 4.17. The normalized spacial score (nSPS) is 17.1. The van der Waals surface area contributed by atoms with Crippen molar-refractivity contribution in [3.05, 3.63) is 59.1 Å². The predicted molar refractivity (Wildman–Crippen MR) is 111 cm³/mol. The third-order valence-electron chi connectivity index (χ3n) is 4.67. The minimum absolute atomic E-state index is 0.00533. The van der Waals surface area contributed by atoms with Crippen LogP contribution in [-0.4, -0.2) is 20.0 Å². The van der Waals surface area contributed by atoms with Crippen molar-refractivity contribution >= 4 is 38.9 Å². The fourth-order valence-electron chi connectivity index (χ4n) is 2.94. The summed E-state index contributed by atoms with van der Waals surface area (Å²) in [5.74, 6) is 0.249. The summed E-state index contributed by atoms with van der Waals surface area (Å²) in [5.41, 5.74) is 4.12. The number of anilines is 1. The van der Waals surface area contributed by atoms with E-state index in [1.165, 1.54) is 18.2 Å². The molecule has 1 amide bonds. The van der Waals surface area contributed by atoms with E-state index in [4.69, 9.17) is 11.6 Å². The van der Waals surface area contributed by atoms with Crippen LogP contribution in [0.4, 0.5) is 5.69 Å². The second-order valence-electron chi connectivity index (χ2n) is 6.94. The van der Waals surface area contributed by atoms with Crippen LogP contribution in [0.15, 0.2) is 58.5 Å². The fraction of sp³-hybridized carbons (Fsp3) is 0.300. The molecule has 0 spiro atoms. The van der Waals surface area contributed by atoms with E-state index in [-0.39, 0.29) is 10.5 Å². The van der Waals surface area contributed by atoms with Crippen LogP contribution in [0, 0.1) is 5.92 Å². The average molecular weight is 420 g/mol. The van der Waals surface area contributed by atoms with Gasteiger partial charge >= 0.3 is 0 Å². The largest absolute Gasteiger partial charge is 0.280 e. The number of amides is 1. The Kier molecular flexibility index (Phi) is 6.36. The first-order chi connectivity index (χ1) is 13.3. The van der Waals surface area contributed by atoms with Gasteiger partial charge in [-0.15, -0.1) is 0 Å². The zero-order valence-corrected chi connectivity index (χ0v) is 17.1. The number of hydrogen-bond acceptors (Lipinski definition) is 4. The smallest absolute Gasteiger partial charge is 0.271 e. The molecule has 28 heavy (non-hydrogen) atoms. The number of benzene rings is 2. The van der Waals surface area contributed by atoms with E-state index in [1.807, 2.05) is 0 Å². The van der Waals surface area contributed by atoms with Crippen LogP contribution in [0.1, 0.15) is 43.0 Å². The van der Waals surface area contributed by atoms with Crippen molar-refractivity contribution in [2.24, 2.45) is 11.0 Å². The van der Waals surface area contributed by atoms with Crippen molar-refractivity contribution in [2.45, 2.75) is 37.5 Å². The molecule has 0 atom stereocenters. The van der Waals surface area contributed by atoms with Crippen molar-refractivity contribution in [1.29, 1.82) is 0 Å². The highest BCUT2D eigenvalue weighted by Gasteiger charge is 2.17. The first kappa shape index (κ1) is 20.4. The van der Waals surface area contributed by atoms with Gasteiger partial charge in [-0.2, -0.15) is 5.10 Å². The molecule has 1 aliphatic carbocycles. The Morgan fingerprint density at radius 1 is 1.11 bits per heavy atom. The second-order valence-corrected chi connectivity index (χ2v) is 9.06. The third kappa shape index (κ3) is 5.33. The first-order valence-corrected chi connectivity index (χ1v) is 10.9. The standard InChI is InChI=1S/C20H22ClN3O3S/c1-14-5-9-17(10-6-14)22-23-20(25)15-3-2-4-19(13-15)28(26,27)24-18-11-7-16(21)8-12-18/h2-4,7-8,11-14,24H,5-6,9-10H2,1H3,(H,23,25). The Morgan fingerprint density at radius 3 is 2.46 bits per heavy atom. The number of carbonyl (C=O) groups excluding carboxylic acids is 1. The number of rotatable bonds is 5. The Labute approximate surface area is 170 Å². The van der Waals surface area contributed by atoms with Crippen LogP contribution in [0.25, 0.3) is 0 Å². The van der Waals surface area contributed by atoms with Crippen LogP contribution in [-0.2, 0) is 10.0 Å². The first-order valence-electron chi connectivity index (χ1n) is 9.08. The Hall–Kier alpha value is -2.38. The third-order valence-corrected chi connectivity index (χ3v) is 6.30. The number of hydrazone groups is 1. The van der Waals surface area contributed by atoms with Crippen molar-refractivity contribution < 1.29 is 13.2 Å². The van der Waals surface area contributed by atoms with Gasteiger partial charge in [0.2, 0.25) is 0 Å². The molecule has 0 bridgehead atoms. The molecule has 1 fully saturated rings. The molecule has 3 rings (SSSR count). The van der Waals surface area contributed by atoms with E-state index in [9.17, 15) is 13.2 Å². The van der Waals surface area contributed by atoms with E-state index in [0.29, 0.717) is 16.6 Å². The summed E-state index contributed by atoms with van der Waals surface area (Å²) in [4.78, 5) is 12.4. The zero-order valence-electron chi connectivity index (χ0n) is 15.5. The van der Waals surface area contributed by atoms with Crippen LogP contribution >= 0.6 is 11.6 Å². The number of sulfonamides is 1. The lowest BCUT2D eigenvalue weighted by atomic mass is 9.90. The van der Waals surface area contributed by atoms with Crippen LogP contribution in [0.5, 0.6) is 0 Å². The lowest BCUT2D eigenvalue weighted by Gasteiger charge is -2.18. The summed E-state index contributed by atoms with van der Waals surface area (Å²) >= 11 is 5.82. The maximum Gasteiger partial charge on any atom is 0.271 e. The molecule has 0 aliphatic heterocycles. The molecule has 0 saturated heterocycles. The van der Waals surface area contributed by atoms with Gasteiger partial charge in [0.1, 0.15) is 0 Å². The molecule has 6 nitrogen and oxygen atoms in total. The molecule has 2 aromatic rings. The number of nitrogens with zero attached hydrogens (tertiary/aromatic N) is 1. The van der Waals surface area contributed by atoms with Gasteiger partial charge in [-0.25, -0.2) is 13.8 Å². The van der Waals surface area contributed by atoms with Crippen LogP contribution in [0.3, 0.4) is 0 Å². The monoisotopic (exact) mass is 419 g/mol. The summed E-state index contributed by atoms with van der Waals surface area (Å²) < 4.78 is 27.7. The summed E-state index contributed by atoms with van der Waals surface area (Å²) in [5, 5.41) is 4.71. The highest BCUT2D eigenvalue weighted by atomic mass is 35.5. The Bertz CT molecular complexity index is 978. The van der Waals surface area contributed by atoms with Crippen molar-refractivity contribution in [3.63, 3.8) is 0 Å². The molecular formula is C20H22ClN3O3S. The van der Waals surface area contributed by atoms with Crippen LogP contribution in [0.2, 0.25) is 5.02 Å². The maximum atomic E-state index is 12.6. The highest BCUT2D eigenvalue weighted by molar-refractivity contribution is 7.92. The summed E-state index contributed by atoms with van der Waals surface area (Å²) in [6.45, 7) is 2.21. The maximum absolute atomic E-state index is 12.6. The lowest BCUT2D eigenvalue weighted by molar-refractivity contribution is 0.0954. The van der Waals surface area contributed by atoms with Crippen LogP contribution < -0.4 is 10.1 Å². The lowest BCUT2D eigenvalue weighted by Crippen LogP contribution is -2.22. The number of carbonyl (C=O) groups is 1. The van der Waals surface area contributed by atoms with Gasteiger partial charge in [-0.1, -0.05) is 24.6 Å². The topological polar surface area (TPSA) is 87.6 Å². The van der Waals surface area contributed by atoms with Crippen molar-refractivity contribution in [1.82, 2.24) is 5.43 Å². The van der Waals surface area contributed by atoms with E-state index < -0.39 is 15.9 Å². The molecule has 0 radical (unpaired) electrons. The zero-order chi connectivity index (χ0) is 20.1. The minimum Gasteiger partial charge on any atom is -0.280 e. The second kappa shape index (κ2) is 8.75. The predicted octanol–water partition coefficient (Wildman–Crippen LogP) is 4.44. The number of hydrogen-bond donors (Lipinski definition) is 2. The van der Waals surface area contributed by atoms with Gasteiger partial charge in [0, 0.05) is 22.0 Å². The minimum atomic E-state index is -3.83. The summed E-state index contributed by atoms with van der Waals surface area (Å²) in [7, 11) is -3.83. The molecule has 2 aromatic carbocycles.